The van der Waals surface area contributed by atoms with Crippen LogP contribution in [-0.4, -0.2) is 17.7 Å². The Labute approximate surface area is 103 Å². The van der Waals surface area contributed by atoms with Crippen molar-refractivity contribution in [1.82, 2.24) is 5.32 Å². The highest BCUT2D eigenvalue weighted by atomic mass is 16.3. The van der Waals surface area contributed by atoms with Gasteiger partial charge in [0.2, 0.25) is 0 Å². The van der Waals surface area contributed by atoms with E-state index in [-0.39, 0.29) is 0 Å². The predicted molar refractivity (Wildman–Crippen MR) is 68.7 cm³/mol. The van der Waals surface area contributed by atoms with Crippen molar-refractivity contribution >= 4 is 0 Å². The van der Waals surface area contributed by atoms with Crippen molar-refractivity contribution in [1.29, 1.82) is 0 Å². The number of benzene rings is 1. The standard InChI is InChI=1S/C15H21NO/c17-15(12-6-2-1-3-7-12)10-11-16-14-9-5-4-8-13(14)15/h1-3,6-7,13-14,16-17H,4-5,8-11H2/t13-,14+,15-/m0/s1. The highest BCUT2D eigenvalue weighted by Gasteiger charge is 2.45. The summed E-state index contributed by atoms with van der Waals surface area (Å²) in [6.45, 7) is 0.937. The molecule has 0 amide bonds. The number of hydrogen-bond donors (Lipinski definition) is 2. The van der Waals surface area contributed by atoms with Gasteiger partial charge in [-0.15, -0.1) is 0 Å². The van der Waals surface area contributed by atoms with Gasteiger partial charge in [0.25, 0.3) is 0 Å². The predicted octanol–water partition coefficient (Wildman–Crippen LogP) is 2.43. The van der Waals surface area contributed by atoms with Crippen molar-refractivity contribution in [2.45, 2.75) is 43.7 Å². The number of aliphatic hydroxyl groups is 1. The zero-order chi connectivity index (χ0) is 11.7. The van der Waals surface area contributed by atoms with E-state index in [1.165, 1.54) is 19.3 Å². The molecule has 2 N–H and O–H groups in total. The van der Waals surface area contributed by atoms with Gasteiger partial charge >= 0.3 is 0 Å². The van der Waals surface area contributed by atoms with Gasteiger partial charge in [-0.3, -0.25) is 0 Å². The molecule has 92 valence electrons. The van der Waals surface area contributed by atoms with E-state index in [9.17, 15) is 5.11 Å². The van der Waals surface area contributed by atoms with Gasteiger partial charge in [-0.1, -0.05) is 43.2 Å². The molecule has 3 atom stereocenters. The Kier molecular flexibility index (Phi) is 2.93. The van der Waals surface area contributed by atoms with Crippen molar-refractivity contribution in [3.05, 3.63) is 35.9 Å². The molecule has 1 aromatic rings. The van der Waals surface area contributed by atoms with Gasteiger partial charge in [-0.25, -0.2) is 0 Å². The zero-order valence-electron chi connectivity index (χ0n) is 10.2. The first-order valence-electron chi connectivity index (χ1n) is 6.82. The summed E-state index contributed by atoms with van der Waals surface area (Å²) < 4.78 is 0. The van der Waals surface area contributed by atoms with Crippen LogP contribution in [0.4, 0.5) is 0 Å². The van der Waals surface area contributed by atoms with Crippen LogP contribution in [0.2, 0.25) is 0 Å². The minimum atomic E-state index is -0.600. The van der Waals surface area contributed by atoms with Crippen molar-refractivity contribution in [2.24, 2.45) is 5.92 Å². The average Bonchev–Trinajstić information content (AvgIpc) is 2.40. The summed E-state index contributed by atoms with van der Waals surface area (Å²) in [5, 5.41) is 14.7. The normalized spacial score (nSPS) is 37.5. The van der Waals surface area contributed by atoms with Crippen molar-refractivity contribution in [3.8, 4) is 0 Å². The summed E-state index contributed by atoms with van der Waals surface area (Å²) in [4.78, 5) is 0. The Morgan fingerprint density at radius 1 is 1.12 bits per heavy atom. The van der Waals surface area contributed by atoms with Crippen molar-refractivity contribution in [3.63, 3.8) is 0 Å². The molecule has 1 aliphatic heterocycles. The van der Waals surface area contributed by atoms with E-state index in [4.69, 9.17) is 0 Å². The van der Waals surface area contributed by atoms with Crippen LogP contribution in [0.5, 0.6) is 0 Å². The van der Waals surface area contributed by atoms with Crippen LogP contribution in [0, 0.1) is 5.92 Å². The zero-order valence-corrected chi connectivity index (χ0v) is 10.2. The maximum Gasteiger partial charge on any atom is 0.0951 e. The Balaban J connectivity index is 1.94. The van der Waals surface area contributed by atoms with Crippen LogP contribution in [0.1, 0.15) is 37.7 Å². The van der Waals surface area contributed by atoms with Crippen LogP contribution < -0.4 is 5.32 Å². The second-order valence-corrected chi connectivity index (χ2v) is 5.49. The Bertz CT molecular complexity index is 376. The Morgan fingerprint density at radius 3 is 2.71 bits per heavy atom. The van der Waals surface area contributed by atoms with Gasteiger partial charge in [0.05, 0.1) is 5.60 Å². The summed E-state index contributed by atoms with van der Waals surface area (Å²) in [6, 6.07) is 10.8. The fourth-order valence-corrected chi connectivity index (χ4v) is 3.67. The molecular formula is C15H21NO. The van der Waals surface area contributed by atoms with Gasteiger partial charge in [0.1, 0.15) is 0 Å². The first-order valence-corrected chi connectivity index (χ1v) is 6.82. The maximum atomic E-state index is 11.1. The Morgan fingerprint density at radius 2 is 1.88 bits per heavy atom. The largest absolute Gasteiger partial charge is 0.385 e. The summed E-state index contributed by atoms with van der Waals surface area (Å²) in [5.74, 6) is 0.396. The number of nitrogens with one attached hydrogen (secondary N) is 1. The lowest BCUT2D eigenvalue weighted by Gasteiger charge is -2.48. The van der Waals surface area contributed by atoms with E-state index in [1.807, 2.05) is 18.2 Å². The molecule has 2 heteroatoms. The fraction of sp³-hybridized carbons (Fsp3) is 0.600. The second-order valence-electron chi connectivity index (χ2n) is 5.49. The molecule has 1 aromatic carbocycles. The van der Waals surface area contributed by atoms with Crippen LogP contribution >= 0.6 is 0 Å². The monoisotopic (exact) mass is 231 g/mol. The van der Waals surface area contributed by atoms with E-state index in [0.717, 1.165) is 24.9 Å². The quantitative estimate of drug-likeness (QED) is 0.778. The highest BCUT2D eigenvalue weighted by Crippen LogP contribution is 2.43. The molecule has 17 heavy (non-hydrogen) atoms. The van der Waals surface area contributed by atoms with E-state index in [2.05, 4.69) is 17.4 Å². The average molecular weight is 231 g/mol. The summed E-state index contributed by atoms with van der Waals surface area (Å²) in [6.07, 6.45) is 5.79. The molecular weight excluding hydrogens is 210 g/mol. The van der Waals surface area contributed by atoms with Crippen LogP contribution in [-0.2, 0) is 5.60 Å². The minimum absolute atomic E-state index is 0.396. The minimum Gasteiger partial charge on any atom is -0.385 e. The van der Waals surface area contributed by atoms with Crippen molar-refractivity contribution < 1.29 is 5.11 Å². The molecule has 2 aliphatic rings. The van der Waals surface area contributed by atoms with Gasteiger partial charge in [0.15, 0.2) is 0 Å². The van der Waals surface area contributed by atoms with Crippen LogP contribution in [0.3, 0.4) is 0 Å². The van der Waals surface area contributed by atoms with Gasteiger partial charge in [-0.2, -0.15) is 0 Å². The summed E-state index contributed by atoms with van der Waals surface area (Å²) in [5.41, 5.74) is 0.510. The molecule has 1 saturated heterocycles. The van der Waals surface area contributed by atoms with Crippen LogP contribution in [0.15, 0.2) is 30.3 Å². The molecule has 0 spiro atoms. The van der Waals surface area contributed by atoms with Gasteiger partial charge in [-0.05, 0) is 31.4 Å². The van der Waals surface area contributed by atoms with Gasteiger partial charge in [0, 0.05) is 12.0 Å². The molecule has 1 saturated carbocycles. The molecule has 2 nitrogen and oxygen atoms in total. The lowest BCUT2D eigenvalue weighted by molar-refractivity contribution is -0.0780. The number of hydrogen-bond acceptors (Lipinski definition) is 2. The number of piperidine rings is 1. The Hall–Kier alpha value is -0.860. The highest BCUT2D eigenvalue weighted by molar-refractivity contribution is 5.25. The summed E-state index contributed by atoms with van der Waals surface area (Å²) >= 11 is 0. The third-order valence-corrected chi connectivity index (χ3v) is 4.57. The summed E-state index contributed by atoms with van der Waals surface area (Å²) in [7, 11) is 0. The number of fused-ring (bicyclic) bond motifs is 1. The first-order chi connectivity index (χ1) is 8.31. The van der Waals surface area contributed by atoms with Gasteiger partial charge < -0.3 is 10.4 Å². The molecule has 0 aromatic heterocycles. The lowest BCUT2D eigenvalue weighted by atomic mass is 9.67. The molecule has 0 unspecified atom stereocenters. The fourth-order valence-electron chi connectivity index (χ4n) is 3.67. The van der Waals surface area contributed by atoms with Crippen LogP contribution in [0.25, 0.3) is 0 Å². The molecule has 0 bridgehead atoms. The molecule has 1 heterocycles. The first kappa shape index (κ1) is 11.2. The van der Waals surface area contributed by atoms with Crippen molar-refractivity contribution in [2.75, 3.05) is 6.54 Å². The second kappa shape index (κ2) is 4.43. The SMILES string of the molecule is O[C@]1(c2ccccc2)CCN[C@@H]2CCCC[C@@H]21. The van der Waals surface area contributed by atoms with E-state index >= 15 is 0 Å². The lowest BCUT2D eigenvalue weighted by Crippen LogP contribution is -2.55. The van der Waals surface area contributed by atoms with E-state index < -0.39 is 5.60 Å². The molecule has 0 radical (unpaired) electrons. The third kappa shape index (κ3) is 1.90. The molecule has 3 rings (SSSR count). The number of rotatable bonds is 1. The maximum absolute atomic E-state index is 11.1. The third-order valence-electron chi connectivity index (χ3n) is 4.57. The molecule has 1 aliphatic carbocycles. The van der Waals surface area contributed by atoms with E-state index in [1.54, 1.807) is 0 Å². The smallest absolute Gasteiger partial charge is 0.0951 e. The molecule has 2 fully saturated rings. The van der Waals surface area contributed by atoms with E-state index in [0.29, 0.717) is 12.0 Å². The topological polar surface area (TPSA) is 32.3 Å².